The van der Waals surface area contributed by atoms with E-state index in [1.54, 1.807) is 11.3 Å². The van der Waals surface area contributed by atoms with Crippen molar-refractivity contribution in [3.8, 4) is 0 Å². The Morgan fingerprint density at radius 2 is 2.50 bits per heavy atom. The lowest BCUT2D eigenvalue weighted by molar-refractivity contribution is -0.133. The smallest absolute Gasteiger partial charge is 0.227 e. The minimum Gasteiger partial charge on any atom is -0.393 e. The van der Waals surface area contributed by atoms with Crippen LogP contribution in [0.2, 0.25) is 0 Å². The maximum Gasteiger partial charge on any atom is 0.227 e. The van der Waals surface area contributed by atoms with Crippen molar-refractivity contribution in [3.05, 3.63) is 22.4 Å². The van der Waals surface area contributed by atoms with Crippen LogP contribution in [-0.2, 0) is 11.2 Å². The second-order valence-electron chi connectivity index (χ2n) is 4.48. The highest BCUT2D eigenvalue weighted by atomic mass is 32.1. The fourth-order valence-electron chi connectivity index (χ4n) is 2.04. The van der Waals surface area contributed by atoms with Crippen molar-refractivity contribution in [2.24, 2.45) is 5.92 Å². The van der Waals surface area contributed by atoms with Crippen molar-refractivity contribution in [2.45, 2.75) is 25.9 Å². The molecule has 2 atom stereocenters. The first kappa shape index (κ1) is 11.6. The molecule has 2 rings (SSSR count). The third kappa shape index (κ3) is 2.62. The van der Waals surface area contributed by atoms with Gasteiger partial charge in [0.2, 0.25) is 5.91 Å². The Balaban J connectivity index is 1.90. The van der Waals surface area contributed by atoms with Crippen LogP contribution in [0.3, 0.4) is 0 Å². The van der Waals surface area contributed by atoms with Gasteiger partial charge in [0.15, 0.2) is 0 Å². The fourth-order valence-corrected chi connectivity index (χ4v) is 2.71. The predicted octanol–water partition coefficient (Wildman–Crippen LogP) is 1.52. The number of hydrogen-bond acceptors (Lipinski definition) is 3. The first-order valence-electron chi connectivity index (χ1n) is 5.63. The van der Waals surface area contributed by atoms with Crippen LogP contribution in [0.4, 0.5) is 0 Å². The molecule has 1 N–H and O–H groups in total. The summed E-state index contributed by atoms with van der Waals surface area (Å²) < 4.78 is 0. The summed E-state index contributed by atoms with van der Waals surface area (Å²) in [5.74, 6) is 0.373. The second kappa shape index (κ2) is 4.97. The number of amides is 1. The van der Waals surface area contributed by atoms with Crippen molar-refractivity contribution in [3.63, 3.8) is 0 Å². The van der Waals surface area contributed by atoms with Gasteiger partial charge in [0.05, 0.1) is 12.5 Å². The minimum absolute atomic E-state index is 0.178. The molecular weight excluding hydrogens is 222 g/mol. The van der Waals surface area contributed by atoms with E-state index in [9.17, 15) is 9.90 Å². The lowest BCUT2D eigenvalue weighted by Crippen LogP contribution is -2.45. The fraction of sp³-hybridized carbons (Fsp3) is 0.583. The molecule has 4 heteroatoms. The Morgan fingerprint density at radius 3 is 3.12 bits per heavy atom. The van der Waals surface area contributed by atoms with E-state index in [-0.39, 0.29) is 17.9 Å². The average Bonchev–Trinajstić information content (AvgIpc) is 2.74. The van der Waals surface area contributed by atoms with Gasteiger partial charge in [-0.1, -0.05) is 6.92 Å². The Kier molecular flexibility index (Phi) is 3.61. The molecule has 0 saturated carbocycles. The van der Waals surface area contributed by atoms with Gasteiger partial charge in [-0.25, -0.2) is 0 Å². The van der Waals surface area contributed by atoms with E-state index in [4.69, 9.17) is 0 Å². The molecule has 16 heavy (non-hydrogen) atoms. The largest absolute Gasteiger partial charge is 0.393 e. The van der Waals surface area contributed by atoms with Gasteiger partial charge < -0.3 is 10.0 Å². The molecule has 1 aromatic rings. The van der Waals surface area contributed by atoms with Crippen LogP contribution in [0.5, 0.6) is 0 Å². The highest BCUT2D eigenvalue weighted by Gasteiger charge is 2.26. The van der Waals surface area contributed by atoms with E-state index in [1.807, 2.05) is 28.7 Å². The molecule has 1 aliphatic rings. The SMILES string of the molecule is CC1CN(C(=O)Cc2ccsc2)CCC1O. The molecule has 1 saturated heterocycles. The van der Waals surface area contributed by atoms with Gasteiger partial charge in [-0.15, -0.1) is 0 Å². The molecule has 2 heterocycles. The maximum absolute atomic E-state index is 12.0. The van der Waals surface area contributed by atoms with Crippen molar-refractivity contribution in [1.29, 1.82) is 0 Å². The van der Waals surface area contributed by atoms with Crippen LogP contribution >= 0.6 is 11.3 Å². The van der Waals surface area contributed by atoms with E-state index in [0.29, 0.717) is 25.9 Å². The summed E-state index contributed by atoms with van der Waals surface area (Å²) in [4.78, 5) is 13.8. The van der Waals surface area contributed by atoms with Crippen molar-refractivity contribution < 1.29 is 9.90 Å². The molecule has 0 spiro atoms. The van der Waals surface area contributed by atoms with Gasteiger partial charge in [-0.2, -0.15) is 11.3 Å². The van der Waals surface area contributed by atoms with Crippen LogP contribution in [0, 0.1) is 5.92 Å². The normalized spacial score (nSPS) is 25.8. The molecule has 1 aromatic heterocycles. The van der Waals surface area contributed by atoms with E-state index in [0.717, 1.165) is 5.56 Å². The maximum atomic E-state index is 12.0. The number of rotatable bonds is 2. The number of hydrogen-bond donors (Lipinski definition) is 1. The highest BCUT2D eigenvalue weighted by molar-refractivity contribution is 7.07. The summed E-state index contributed by atoms with van der Waals surface area (Å²) in [6.07, 6.45) is 0.952. The van der Waals surface area contributed by atoms with E-state index in [2.05, 4.69) is 0 Å². The highest BCUT2D eigenvalue weighted by Crippen LogP contribution is 2.18. The standard InChI is InChI=1S/C12H17NO2S/c1-9-7-13(4-2-11(9)14)12(15)6-10-3-5-16-8-10/h3,5,8-9,11,14H,2,4,6-7H2,1H3. The summed E-state index contributed by atoms with van der Waals surface area (Å²) in [6, 6.07) is 1.99. The molecule has 88 valence electrons. The first-order valence-corrected chi connectivity index (χ1v) is 6.58. The summed E-state index contributed by atoms with van der Waals surface area (Å²) in [5.41, 5.74) is 1.09. The number of nitrogens with zero attached hydrogens (tertiary/aromatic N) is 1. The van der Waals surface area contributed by atoms with E-state index < -0.39 is 0 Å². The topological polar surface area (TPSA) is 40.5 Å². The monoisotopic (exact) mass is 239 g/mol. The quantitative estimate of drug-likeness (QED) is 0.850. The lowest BCUT2D eigenvalue weighted by Gasteiger charge is -2.34. The Bertz CT molecular complexity index is 350. The zero-order valence-electron chi connectivity index (χ0n) is 9.43. The number of likely N-dealkylation sites (tertiary alicyclic amines) is 1. The number of aliphatic hydroxyl groups is 1. The van der Waals surface area contributed by atoms with Crippen LogP contribution in [0.25, 0.3) is 0 Å². The average molecular weight is 239 g/mol. The number of thiophene rings is 1. The van der Waals surface area contributed by atoms with Gasteiger partial charge >= 0.3 is 0 Å². The molecule has 0 aromatic carbocycles. The lowest BCUT2D eigenvalue weighted by atomic mass is 9.96. The third-order valence-corrected chi connectivity index (χ3v) is 3.88. The molecule has 2 unspecified atom stereocenters. The molecule has 0 bridgehead atoms. The minimum atomic E-state index is -0.245. The summed E-state index contributed by atoms with van der Waals surface area (Å²) in [7, 11) is 0. The molecule has 0 radical (unpaired) electrons. The van der Waals surface area contributed by atoms with Crippen LogP contribution in [0.15, 0.2) is 16.8 Å². The van der Waals surface area contributed by atoms with Gasteiger partial charge in [0.1, 0.15) is 0 Å². The zero-order chi connectivity index (χ0) is 11.5. The van der Waals surface area contributed by atoms with E-state index in [1.165, 1.54) is 0 Å². The van der Waals surface area contributed by atoms with Gasteiger partial charge in [-0.05, 0) is 34.7 Å². The zero-order valence-corrected chi connectivity index (χ0v) is 10.2. The molecule has 1 amide bonds. The summed E-state index contributed by atoms with van der Waals surface area (Å²) >= 11 is 1.62. The Morgan fingerprint density at radius 1 is 1.69 bits per heavy atom. The van der Waals surface area contributed by atoms with Crippen molar-refractivity contribution >= 4 is 17.2 Å². The third-order valence-electron chi connectivity index (χ3n) is 3.15. The number of aliphatic hydroxyl groups excluding tert-OH is 1. The van der Waals surface area contributed by atoms with E-state index >= 15 is 0 Å². The Labute approximate surface area is 99.7 Å². The number of piperidine rings is 1. The molecule has 0 aliphatic carbocycles. The second-order valence-corrected chi connectivity index (χ2v) is 5.26. The number of carbonyl (C=O) groups excluding carboxylic acids is 1. The van der Waals surface area contributed by atoms with Gasteiger partial charge in [-0.3, -0.25) is 4.79 Å². The van der Waals surface area contributed by atoms with Crippen molar-refractivity contribution in [1.82, 2.24) is 4.90 Å². The van der Waals surface area contributed by atoms with Crippen molar-refractivity contribution in [2.75, 3.05) is 13.1 Å². The first-order chi connectivity index (χ1) is 7.66. The predicted molar refractivity (Wildman–Crippen MR) is 64.4 cm³/mol. The molecule has 1 aliphatic heterocycles. The van der Waals surface area contributed by atoms with Crippen LogP contribution in [-0.4, -0.2) is 35.1 Å². The summed E-state index contributed by atoms with van der Waals surface area (Å²) in [6.45, 7) is 3.37. The molecule has 1 fully saturated rings. The molecule has 3 nitrogen and oxygen atoms in total. The van der Waals surface area contributed by atoms with Gasteiger partial charge in [0, 0.05) is 13.1 Å². The Hall–Kier alpha value is -0.870. The van der Waals surface area contributed by atoms with Crippen LogP contribution < -0.4 is 0 Å². The summed E-state index contributed by atoms with van der Waals surface area (Å²) in [5, 5.41) is 13.6. The molecular formula is C12H17NO2S. The number of carbonyl (C=O) groups is 1. The van der Waals surface area contributed by atoms with Gasteiger partial charge in [0.25, 0.3) is 0 Å². The van der Waals surface area contributed by atoms with Crippen LogP contribution in [0.1, 0.15) is 18.9 Å².